The first-order valence-corrected chi connectivity index (χ1v) is 5.89. The van der Waals surface area contributed by atoms with E-state index in [1.165, 1.54) is 6.20 Å². The topological polar surface area (TPSA) is 148 Å². The first-order chi connectivity index (χ1) is 9.38. The van der Waals surface area contributed by atoms with Crippen LogP contribution in [-0.2, 0) is 20.8 Å². The van der Waals surface area contributed by atoms with E-state index in [4.69, 9.17) is 16.6 Å². The molecule has 0 aliphatic heterocycles. The number of carboxylic acid groups (broad SMARTS) is 1. The Morgan fingerprint density at radius 3 is 2.55 bits per heavy atom. The van der Waals surface area contributed by atoms with E-state index in [2.05, 4.69) is 10.3 Å². The lowest BCUT2D eigenvalue weighted by Crippen LogP contribution is -2.42. The number of pyridine rings is 1. The molecule has 1 atom stereocenters. The fraction of sp³-hybridized carbons (Fsp3) is 0.333. The highest BCUT2D eigenvalue weighted by Crippen LogP contribution is 2.03. The van der Waals surface area contributed by atoms with Crippen LogP contribution in [0.1, 0.15) is 18.5 Å². The fourth-order valence-corrected chi connectivity index (χ4v) is 1.49. The lowest BCUT2D eigenvalue weighted by Gasteiger charge is -2.13. The van der Waals surface area contributed by atoms with Crippen LogP contribution in [0.2, 0.25) is 0 Å². The zero-order chi connectivity index (χ0) is 15.1. The van der Waals surface area contributed by atoms with Gasteiger partial charge in [0.1, 0.15) is 6.04 Å². The van der Waals surface area contributed by atoms with Crippen molar-refractivity contribution >= 4 is 23.5 Å². The number of aliphatic carboxylic acids is 1. The molecule has 6 N–H and O–H groups in total. The largest absolute Gasteiger partial charge is 0.480 e. The smallest absolute Gasteiger partial charge is 0.326 e. The first kappa shape index (κ1) is 15.4. The summed E-state index contributed by atoms with van der Waals surface area (Å²) in [5.41, 5.74) is 11.3. The summed E-state index contributed by atoms with van der Waals surface area (Å²) >= 11 is 0. The number of primary amides is 1. The molecule has 108 valence electrons. The molecule has 1 rings (SSSR count). The van der Waals surface area contributed by atoms with E-state index in [9.17, 15) is 14.4 Å². The predicted molar refractivity (Wildman–Crippen MR) is 70.3 cm³/mol. The Balaban J connectivity index is 2.55. The molecule has 0 aliphatic rings. The van der Waals surface area contributed by atoms with Crippen LogP contribution in [0.25, 0.3) is 0 Å². The number of nitrogens with two attached hydrogens (primary N) is 2. The molecule has 0 aromatic carbocycles. The highest BCUT2D eigenvalue weighted by molar-refractivity contribution is 5.85. The van der Waals surface area contributed by atoms with Crippen LogP contribution in [0.5, 0.6) is 0 Å². The van der Waals surface area contributed by atoms with Crippen LogP contribution in [0, 0.1) is 0 Å². The van der Waals surface area contributed by atoms with Crippen LogP contribution < -0.4 is 16.8 Å². The molecule has 0 unspecified atom stereocenters. The van der Waals surface area contributed by atoms with E-state index in [0.717, 1.165) is 0 Å². The van der Waals surface area contributed by atoms with Crippen molar-refractivity contribution in [3.8, 4) is 0 Å². The fourth-order valence-electron chi connectivity index (χ4n) is 1.49. The third-order valence-electron chi connectivity index (χ3n) is 2.50. The summed E-state index contributed by atoms with van der Waals surface area (Å²) in [5, 5.41) is 11.3. The van der Waals surface area contributed by atoms with Gasteiger partial charge in [-0.05, 0) is 18.6 Å². The Bertz CT molecular complexity index is 501. The molecule has 0 saturated heterocycles. The van der Waals surface area contributed by atoms with Gasteiger partial charge in [-0.3, -0.25) is 14.6 Å². The summed E-state index contributed by atoms with van der Waals surface area (Å²) < 4.78 is 0. The van der Waals surface area contributed by atoms with Crippen LogP contribution in [0.15, 0.2) is 18.3 Å². The van der Waals surface area contributed by atoms with Crippen molar-refractivity contribution in [3.63, 3.8) is 0 Å². The molecule has 0 aliphatic carbocycles. The molecule has 2 amide bonds. The quantitative estimate of drug-likeness (QED) is 0.505. The van der Waals surface area contributed by atoms with Gasteiger partial charge in [-0.15, -0.1) is 0 Å². The highest BCUT2D eigenvalue weighted by Gasteiger charge is 2.20. The molecule has 0 fully saturated rings. The average molecular weight is 280 g/mol. The van der Waals surface area contributed by atoms with Crippen molar-refractivity contribution in [1.82, 2.24) is 10.3 Å². The van der Waals surface area contributed by atoms with Gasteiger partial charge in [-0.2, -0.15) is 0 Å². The minimum atomic E-state index is -1.22. The van der Waals surface area contributed by atoms with Crippen molar-refractivity contribution in [2.24, 2.45) is 5.73 Å². The molecule has 20 heavy (non-hydrogen) atoms. The van der Waals surface area contributed by atoms with Crippen molar-refractivity contribution in [2.45, 2.75) is 25.3 Å². The molecular formula is C12H16N4O4. The number of nitrogen functional groups attached to an aromatic ring is 1. The molecule has 1 aromatic heterocycles. The number of hydrogen-bond donors (Lipinski definition) is 4. The van der Waals surface area contributed by atoms with Crippen molar-refractivity contribution in [2.75, 3.05) is 5.73 Å². The van der Waals surface area contributed by atoms with Crippen LogP contribution in [0.4, 0.5) is 5.69 Å². The first-order valence-electron chi connectivity index (χ1n) is 5.89. The second-order valence-electron chi connectivity index (χ2n) is 4.22. The van der Waals surface area contributed by atoms with E-state index in [1.807, 2.05) is 0 Å². The molecular weight excluding hydrogens is 264 g/mol. The molecule has 0 bridgehead atoms. The van der Waals surface area contributed by atoms with Gasteiger partial charge in [0, 0.05) is 12.1 Å². The van der Waals surface area contributed by atoms with Crippen molar-refractivity contribution in [1.29, 1.82) is 0 Å². The van der Waals surface area contributed by atoms with Gasteiger partial charge in [-0.25, -0.2) is 4.79 Å². The summed E-state index contributed by atoms with van der Waals surface area (Å²) in [6, 6.07) is 2.02. The number of carbonyl (C=O) groups is 3. The van der Waals surface area contributed by atoms with Crippen LogP contribution in [-0.4, -0.2) is 33.9 Å². The van der Waals surface area contributed by atoms with E-state index in [0.29, 0.717) is 11.4 Å². The van der Waals surface area contributed by atoms with Gasteiger partial charge in [0.25, 0.3) is 0 Å². The molecule has 8 heteroatoms. The van der Waals surface area contributed by atoms with Gasteiger partial charge in [0.05, 0.1) is 18.3 Å². The van der Waals surface area contributed by atoms with E-state index >= 15 is 0 Å². The molecule has 0 radical (unpaired) electrons. The number of hydrogen-bond acceptors (Lipinski definition) is 5. The standard InChI is InChI=1S/C12H16N4O4/c13-7-1-2-8(15-6-7)5-11(18)16-9(12(19)20)3-4-10(14)17/h1-2,6,9H,3-5,13H2,(H2,14,17)(H,16,18)(H,19,20)/t9-/m0/s1. The molecule has 0 spiro atoms. The van der Waals surface area contributed by atoms with Crippen molar-refractivity contribution < 1.29 is 19.5 Å². The Labute approximate surface area is 115 Å². The van der Waals surface area contributed by atoms with E-state index < -0.39 is 23.8 Å². The Kier molecular flexibility index (Phi) is 5.45. The highest BCUT2D eigenvalue weighted by atomic mass is 16.4. The number of amides is 2. The Morgan fingerprint density at radius 2 is 2.05 bits per heavy atom. The predicted octanol–water partition coefficient (Wildman–Crippen LogP) is -0.959. The summed E-state index contributed by atoms with van der Waals surface area (Å²) in [5.74, 6) is -2.34. The van der Waals surface area contributed by atoms with Crippen molar-refractivity contribution in [3.05, 3.63) is 24.0 Å². The lowest BCUT2D eigenvalue weighted by molar-refractivity contribution is -0.142. The minimum Gasteiger partial charge on any atom is -0.480 e. The second kappa shape index (κ2) is 7.07. The van der Waals surface area contributed by atoms with Crippen LogP contribution in [0.3, 0.4) is 0 Å². The third kappa shape index (κ3) is 5.34. The number of carboxylic acids is 1. The maximum atomic E-state index is 11.7. The van der Waals surface area contributed by atoms with E-state index in [-0.39, 0.29) is 19.3 Å². The molecule has 1 aromatic rings. The monoisotopic (exact) mass is 280 g/mol. The maximum absolute atomic E-state index is 11.7. The lowest BCUT2D eigenvalue weighted by atomic mass is 10.1. The molecule has 1 heterocycles. The number of nitrogens with one attached hydrogen (secondary N) is 1. The van der Waals surface area contributed by atoms with Crippen LogP contribution >= 0.6 is 0 Å². The Morgan fingerprint density at radius 1 is 1.35 bits per heavy atom. The van der Waals surface area contributed by atoms with E-state index in [1.54, 1.807) is 12.1 Å². The zero-order valence-corrected chi connectivity index (χ0v) is 10.7. The SMILES string of the molecule is NC(=O)CC[C@H](NC(=O)Cc1ccc(N)cn1)C(=O)O. The van der Waals surface area contributed by atoms with Gasteiger partial charge in [-0.1, -0.05) is 0 Å². The number of rotatable bonds is 7. The second-order valence-corrected chi connectivity index (χ2v) is 4.22. The third-order valence-corrected chi connectivity index (χ3v) is 2.50. The van der Waals surface area contributed by atoms with Gasteiger partial charge in [0.15, 0.2) is 0 Å². The maximum Gasteiger partial charge on any atom is 0.326 e. The summed E-state index contributed by atoms with van der Waals surface area (Å²) in [7, 11) is 0. The summed E-state index contributed by atoms with van der Waals surface area (Å²) in [6.45, 7) is 0. The molecule has 8 nitrogen and oxygen atoms in total. The number of nitrogens with zero attached hydrogens (tertiary/aromatic N) is 1. The summed E-state index contributed by atoms with van der Waals surface area (Å²) in [4.78, 5) is 37.2. The Hall–Kier alpha value is -2.64. The van der Waals surface area contributed by atoms with Gasteiger partial charge in [0.2, 0.25) is 11.8 Å². The summed E-state index contributed by atoms with van der Waals surface area (Å²) in [6.07, 6.45) is 1.17. The number of aromatic nitrogens is 1. The normalized spacial score (nSPS) is 11.6. The minimum absolute atomic E-state index is 0.0500. The number of carbonyl (C=O) groups excluding carboxylic acids is 2. The van der Waals surface area contributed by atoms with Gasteiger partial charge >= 0.3 is 5.97 Å². The average Bonchev–Trinajstić information content (AvgIpc) is 2.36. The zero-order valence-electron chi connectivity index (χ0n) is 10.7. The van der Waals surface area contributed by atoms with Gasteiger partial charge < -0.3 is 21.9 Å². The molecule has 0 saturated carbocycles. The number of anilines is 1.